The summed E-state index contributed by atoms with van der Waals surface area (Å²) in [6.45, 7) is 6.32. The van der Waals surface area contributed by atoms with E-state index in [-0.39, 0.29) is 11.9 Å². The fraction of sp³-hybridized carbons (Fsp3) is 0.364. The van der Waals surface area contributed by atoms with Crippen LogP contribution in [0, 0.1) is 0 Å². The summed E-state index contributed by atoms with van der Waals surface area (Å²) in [5.41, 5.74) is 1.30. The van der Waals surface area contributed by atoms with Crippen molar-refractivity contribution in [1.29, 1.82) is 0 Å². The molecule has 2 aromatic rings. The molecular formula is C22H25NO3. The SMILES string of the molecule is CCC(C)N(Cc1ccccc1)C(=O)C1(C)Cc2ccccc2C(=O)O1. The average molecular weight is 351 g/mol. The number of carbonyl (C=O) groups excluding carboxylic acids is 2. The number of fused-ring (bicyclic) bond motifs is 1. The van der Waals surface area contributed by atoms with E-state index in [1.165, 1.54) is 0 Å². The summed E-state index contributed by atoms with van der Waals surface area (Å²) < 4.78 is 5.65. The van der Waals surface area contributed by atoms with Gasteiger partial charge in [0.2, 0.25) is 0 Å². The van der Waals surface area contributed by atoms with Gasteiger partial charge in [-0.2, -0.15) is 0 Å². The topological polar surface area (TPSA) is 46.6 Å². The van der Waals surface area contributed by atoms with E-state index < -0.39 is 11.6 Å². The van der Waals surface area contributed by atoms with Crippen LogP contribution in [0.4, 0.5) is 0 Å². The lowest BCUT2D eigenvalue weighted by Gasteiger charge is -2.39. The van der Waals surface area contributed by atoms with Gasteiger partial charge in [-0.1, -0.05) is 55.5 Å². The van der Waals surface area contributed by atoms with Gasteiger partial charge < -0.3 is 9.64 Å². The number of rotatable bonds is 5. The number of hydrogen-bond acceptors (Lipinski definition) is 3. The third-order valence-corrected chi connectivity index (χ3v) is 5.11. The first kappa shape index (κ1) is 18.2. The zero-order valence-electron chi connectivity index (χ0n) is 15.6. The van der Waals surface area contributed by atoms with Crippen LogP contribution in [-0.2, 0) is 22.5 Å². The third-order valence-electron chi connectivity index (χ3n) is 5.11. The number of esters is 1. The molecule has 0 bridgehead atoms. The number of carbonyl (C=O) groups is 2. The first-order valence-corrected chi connectivity index (χ1v) is 9.11. The Hall–Kier alpha value is -2.62. The molecule has 136 valence electrons. The van der Waals surface area contributed by atoms with Crippen LogP contribution in [0.5, 0.6) is 0 Å². The van der Waals surface area contributed by atoms with E-state index >= 15 is 0 Å². The molecule has 1 amide bonds. The zero-order valence-corrected chi connectivity index (χ0v) is 15.6. The van der Waals surface area contributed by atoms with E-state index in [4.69, 9.17) is 4.74 Å². The zero-order chi connectivity index (χ0) is 18.7. The standard InChI is InChI=1S/C22H25NO3/c1-4-16(2)23(15-17-10-6-5-7-11-17)21(25)22(3)14-18-12-8-9-13-19(18)20(24)26-22/h5-13,16H,4,14-15H2,1-3H3. The summed E-state index contributed by atoms with van der Waals surface area (Å²) in [7, 11) is 0. The molecule has 1 aliphatic heterocycles. The van der Waals surface area contributed by atoms with Gasteiger partial charge in [-0.05, 0) is 37.5 Å². The van der Waals surface area contributed by atoms with E-state index in [9.17, 15) is 9.59 Å². The van der Waals surface area contributed by atoms with Crippen LogP contribution in [0.3, 0.4) is 0 Å². The summed E-state index contributed by atoms with van der Waals surface area (Å²) in [5, 5.41) is 0. The Morgan fingerprint density at radius 2 is 1.81 bits per heavy atom. The molecule has 4 heteroatoms. The molecule has 3 rings (SSSR count). The van der Waals surface area contributed by atoms with Gasteiger partial charge in [-0.15, -0.1) is 0 Å². The van der Waals surface area contributed by atoms with Crippen molar-refractivity contribution in [2.75, 3.05) is 0 Å². The van der Waals surface area contributed by atoms with Crippen molar-refractivity contribution in [3.05, 3.63) is 71.3 Å². The Morgan fingerprint density at radius 1 is 1.15 bits per heavy atom. The van der Waals surface area contributed by atoms with Crippen molar-refractivity contribution in [2.45, 2.75) is 51.8 Å². The van der Waals surface area contributed by atoms with Crippen LogP contribution >= 0.6 is 0 Å². The second-order valence-corrected chi connectivity index (χ2v) is 7.13. The average Bonchev–Trinajstić information content (AvgIpc) is 2.65. The molecule has 4 nitrogen and oxygen atoms in total. The summed E-state index contributed by atoms with van der Waals surface area (Å²) >= 11 is 0. The van der Waals surface area contributed by atoms with Crippen molar-refractivity contribution >= 4 is 11.9 Å². The monoisotopic (exact) mass is 351 g/mol. The summed E-state index contributed by atoms with van der Waals surface area (Å²) in [4.78, 5) is 27.7. The van der Waals surface area contributed by atoms with Crippen molar-refractivity contribution in [3.8, 4) is 0 Å². The molecule has 2 unspecified atom stereocenters. The van der Waals surface area contributed by atoms with Gasteiger partial charge in [-0.3, -0.25) is 4.79 Å². The van der Waals surface area contributed by atoms with E-state index in [1.807, 2.05) is 60.4 Å². The Kier molecular flexibility index (Phi) is 5.12. The maximum atomic E-state index is 13.4. The lowest BCUT2D eigenvalue weighted by Crippen LogP contribution is -2.55. The summed E-state index contributed by atoms with van der Waals surface area (Å²) in [6.07, 6.45) is 1.23. The van der Waals surface area contributed by atoms with E-state index in [0.717, 1.165) is 17.5 Å². The lowest BCUT2D eigenvalue weighted by molar-refractivity contribution is -0.154. The minimum atomic E-state index is -1.18. The van der Waals surface area contributed by atoms with E-state index in [1.54, 1.807) is 13.0 Å². The first-order chi connectivity index (χ1) is 12.4. The maximum Gasteiger partial charge on any atom is 0.339 e. The number of ether oxygens (including phenoxy) is 1. The highest BCUT2D eigenvalue weighted by molar-refractivity contribution is 5.97. The molecule has 0 spiro atoms. The summed E-state index contributed by atoms with van der Waals surface area (Å²) in [5.74, 6) is -0.565. The van der Waals surface area contributed by atoms with Gasteiger partial charge in [0.25, 0.3) is 5.91 Å². The molecule has 26 heavy (non-hydrogen) atoms. The van der Waals surface area contributed by atoms with Crippen LogP contribution in [-0.4, -0.2) is 28.4 Å². The second-order valence-electron chi connectivity index (χ2n) is 7.13. The number of cyclic esters (lactones) is 1. The molecule has 0 saturated heterocycles. The fourth-order valence-electron chi connectivity index (χ4n) is 3.38. The highest BCUT2D eigenvalue weighted by atomic mass is 16.6. The van der Waals surface area contributed by atoms with Gasteiger partial charge in [0.15, 0.2) is 5.60 Å². The molecule has 0 radical (unpaired) electrons. The Labute approximate surface area is 154 Å². The molecule has 0 aromatic heterocycles. The number of hydrogen-bond donors (Lipinski definition) is 0. The molecule has 2 atom stereocenters. The van der Waals surface area contributed by atoms with Crippen LogP contribution in [0.1, 0.15) is 48.7 Å². The van der Waals surface area contributed by atoms with Crippen LogP contribution < -0.4 is 0 Å². The predicted molar refractivity (Wildman–Crippen MR) is 101 cm³/mol. The largest absolute Gasteiger partial charge is 0.445 e. The van der Waals surface area contributed by atoms with E-state index in [2.05, 4.69) is 6.92 Å². The molecule has 1 heterocycles. The van der Waals surface area contributed by atoms with Crippen molar-refractivity contribution in [1.82, 2.24) is 4.90 Å². The number of amides is 1. The molecule has 0 saturated carbocycles. The van der Waals surface area contributed by atoms with Crippen LogP contribution in [0.2, 0.25) is 0 Å². The normalized spacial score (nSPS) is 20.0. The molecule has 0 fully saturated rings. The minimum absolute atomic E-state index is 0.0513. The molecule has 1 aliphatic rings. The number of benzene rings is 2. The van der Waals surface area contributed by atoms with E-state index in [0.29, 0.717) is 18.5 Å². The quantitative estimate of drug-likeness (QED) is 0.765. The highest BCUT2D eigenvalue weighted by Crippen LogP contribution is 2.31. The molecule has 0 aliphatic carbocycles. The second kappa shape index (κ2) is 7.32. The van der Waals surface area contributed by atoms with Crippen molar-refractivity contribution in [3.63, 3.8) is 0 Å². The van der Waals surface area contributed by atoms with Gasteiger partial charge in [0.1, 0.15) is 0 Å². The van der Waals surface area contributed by atoms with Crippen LogP contribution in [0.15, 0.2) is 54.6 Å². The lowest BCUT2D eigenvalue weighted by atomic mass is 9.88. The van der Waals surface area contributed by atoms with Gasteiger partial charge in [-0.25, -0.2) is 4.79 Å². The maximum absolute atomic E-state index is 13.4. The molecule has 0 N–H and O–H groups in total. The molecular weight excluding hydrogens is 326 g/mol. The Balaban J connectivity index is 1.90. The third kappa shape index (κ3) is 3.50. The van der Waals surface area contributed by atoms with Gasteiger partial charge in [0.05, 0.1) is 5.56 Å². The van der Waals surface area contributed by atoms with Crippen molar-refractivity contribution < 1.29 is 14.3 Å². The Morgan fingerprint density at radius 3 is 2.50 bits per heavy atom. The van der Waals surface area contributed by atoms with Crippen molar-refractivity contribution in [2.24, 2.45) is 0 Å². The number of nitrogens with zero attached hydrogens (tertiary/aromatic N) is 1. The highest BCUT2D eigenvalue weighted by Gasteiger charge is 2.45. The minimum Gasteiger partial charge on any atom is -0.445 e. The smallest absolute Gasteiger partial charge is 0.339 e. The predicted octanol–water partition coefficient (Wildman–Crippen LogP) is 3.99. The van der Waals surface area contributed by atoms with Crippen LogP contribution in [0.25, 0.3) is 0 Å². The molecule has 2 aromatic carbocycles. The fourth-order valence-corrected chi connectivity index (χ4v) is 3.38. The summed E-state index contributed by atoms with van der Waals surface area (Å²) in [6, 6.07) is 17.3. The van der Waals surface area contributed by atoms with Gasteiger partial charge in [0, 0.05) is 19.0 Å². The first-order valence-electron chi connectivity index (χ1n) is 9.11. The van der Waals surface area contributed by atoms with Gasteiger partial charge >= 0.3 is 5.97 Å². The Bertz CT molecular complexity index is 802.